The summed E-state index contributed by atoms with van der Waals surface area (Å²) in [5.41, 5.74) is 0. The van der Waals surface area contributed by atoms with Crippen molar-refractivity contribution in [3.63, 3.8) is 0 Å². The van der Waals surface area contributed by atoms with E-state index in [1.807, 2.05) is 24.3 Å². The van der Waals surface area contributed by atoms with Crippen LogP contribution in [0.3, 0.4) is 0 Å². The number of ether oxygens (including phenoxy) is 2. The molecule has 1 aliphatic rings. The highest BCUT2D eigenvalue weighted by Gasteiger charge is 2.17. The molecule has 2 heteroatoms. The van der Waals surface area contributed by atoms with Gasteiger partial charge in [-0.2, -0.15) is 0 Å². The number of fused-ring (bicyclic) bond motifs is 1. The average molecular weight is 230 g/mol. The van der Waals surface area contributed by atoms with Crippen molar-refractivity contribution in [2.75, 3.05) is 6.61 Å². The Balaban J connectivity index is 1.85. The van der Waals surface area contributed by atoms with Crippen LogP contribution in [-0.4, -0.2) is 12.7 Å². The molecule has 0 aliphatic carbocycles. The molecular formula is C15H18O2. The van der Waals surface area contributed by atoms with E-state index >= 15 is 0 Å². The van der Waals surface area contributed by atoms with E-state index < -0.39 is 0 Å². The van der Waals surface area contributed by atoms with Gasteiger partial charge in [0, 0.05) is 6.42 Å². The van der Waals surface area contributed by atoms with Crippen LogP contribution in [0.2, 0.25) is 0 Å². The maximum atomic E-state index is 5.74. The summed E-state index contributed by atoms with van der Waals surface area (Å²) >= 11 is 0. The molecule has 1 aromatic rings. The summed E-state index contributed by atoms with van der Waals surface area (Å²) in [6.07, 6.45) is 4.49. The smallest absolute Gasteiger partial charge is 0.193 e. The fourth-order valence-electron chi connectivity index (χ4n) is 1.74. The molecule has 0 radical (unpaired) electrons. The minimum Gasteiger partial charge on any atom is -0.485 e. The molecule has 0 bridgehead atoms. The molecule has 17 heavy (non-hydrogen) atoms. The highest BCUT2D eigenvalue weighted by Crippen LogP contribution is 2.30. The lowest BCUT2D eigenvalue weighted by atomic mass is 10.2. The minimum absolute atomic E-state index is 0.119. The van der Waals surface area contributed by atoms with Gasteiger partial charge in [0.25, 0.3) is 0 Å². The molecule has 0 amide bonds. The van der Waals surface area contributed by atoms with Crippen LogP contribution in [0.5, 0.6) is 11.5 Å². The maximum absolute atomic E-state index is 5.74. The maximum Gasteiger partial charge on any atom is 0.193 e. The number of unbranched alkanes of at least 4 members (excludes halogenated alkanes) is 3. The minimum atomic E-state index is -0.119. The van der Waals surface area contributed by atoms with Crippen LogP contribution >= 0.6 is 0 Å². The van der Waals surface area contributed by atoms with Gasteiger partial charge >= 0.3 is 0 Å². The van der Waals surface area contributed by atoms with E-state index in [0.717, 1.165) is 17.9 Å². The second-order valence-electron chi connectivity index (χ2n) is 4.14. The average Bonchev–Trinajstić information content (AvgIpc) is 2.38. The monoisotopic (exact) mass is 230 g/mol. The molecule has 1 unspecified atom stereocenters. The van der Waals surface area contributed by atoms with Gasteiger partial charge in [0.1, 0.15) is 6.61 Å². The zero-order valence-electron chi connectivity index (χ0n) is 10.2. The zero-order chi connectivity index (χ0) is 11.9. The Morgan fingerprint density at radius 2 is 2.06 bits per heavy atom. The number of hydrogen-bond acceptors (Lipinski definition) is 2. The Morgan fingerprint density at radius 1 is 1.24 bits per heavy atom. The quantitative estimate of drug-likeness (QED) is 0.585. The Kier molecular flexibility index (Phi) is 4.32. The fourth-order valence-corrected chi connectivity index (χ4v) is 1.74. The van der Waals surface area contributed by atoms with Crippen LogP contribution in [0.25, 0.3) is 0 Å². The predicted octanol–water partition coefficient (Wildman–Crippen LogP) is 3.41. The van der Waals surface area contributed by atoms with Crippen molar-refractivity contribution < 1.29 is 9.47 Å². The number of hydrogen-bond donors (Lipinski definition) is 0. The zero-order valence-corrected chi connectivity index (χ0v) is 10.2. The van der Waals surface area contributed by atoms with Gasteiger partial charge in [-0.25, -0.2) is 0 Å². The van der Waals surface area contributed by atoms with Gasteiger partial charge in [-0.05, 0) is 18.6 Å². The Hall–Kier alpha value is -1.62. The standard InChI is InChI=1S/C15H18O2/c1-2-3-4-5-6-9-13-12-16-14-10-7-8-11-15(14)17-13/h7-8,10-11,13H,2-5,12H2,1H3. The van der Waals surface area contributed by atoms with Gasteiger partial charge in [0.05, 0.1) is 0 Å². The summed E-state index contributed by atoms with van der Waals surface area (Å²) in [5, 5.41) is 0. The summed E-state index contributed by atoms with van der Waals surface area (Å²) in [6, 6.07) is 7.72. The summed E-state index contributed by atoms with van der Waals surface area (Å²) in [6.45, 7) is 2.72. The Labute approximate surface area is 103 Å². The lowest BCUT2D eigenvalue weighted by Gasteiger charge is -2.22. The van der Waals surface area contributed by atoms with E-state index in [2.05, 4.69) is 18.8 Å². The van der Waals surface area contributed by atoms with Crippen LogP contribution in [0.4, 0.5) is 0 Å². The van der Waals surface area contributed by atoms with Crippen molar-refractivity contribution in [2.24, 2.45) is 0 Å². The highest BCUT2D eigenvalue weighted by molar-refractivity contribution is 5.41. The second kappa shape index (κ2) is 6.20. The molecular weight excluding hydrogens is 212 g/mol. The third-order valence-electron chi connectivity index (χ3n) is 2.68. The lowest BCUT2D eigenvalue weighted by molar-refractivity contribution is 0.129. The molecule has 1 heterocycles. The summed E-state index contributed by atoms with van der Waals surface area (Å²) in [7, 11) is 0. The van der Waals surface area contributed by atoms with Crippen LogP contribution in [0.1, 0.15) is 32.6 Å². The predicted molar refractivity (Wildman–Crippen MR) is 68.3 cm³/mol. The lowest BCUT2D eigenvalue weighted by Crippen LogP contribution is -2.27. The molecule has 0 aromatic heterocycles. The Morgan fingerprint density at radius 3 is 2.88 bits per heavy atom. The number of rotatable bonds is 3. The molecule has 0 N–H and O–H groups in total. The van der Waals surface area contributed by atoms with Crippen molar-refractivity contribution in [2.45, 2.75) is 38.7 Å². The van der Waals surface area contributed by atoms with Crippen molar-refractivity contribution in [1.29, 1.82) is 0 Å². The van der Waals surface area contributed by atoms with Crippen molar-refractivity contribution >= 4 is 0 Å². The van der Waals surface area contributed by atoms with E-state index in [4.69, 9.17) is 9.47 Å². The topological polar surface area (TPSA) is 18.5 Å². The first-order chi connectivity index (χ1) is 8.40. The van der Waals surface area contributed by atoms with Crippen LogP contribution in [0, 0.1) is 11.8 Å². The first-order valence-corrected chi connectivity index (χ1v) is 6.27. The van der Waals surface area contributed by atoms with Gasteiger partial charge in [0.15, 0.2) is 17.6 Å². The summed E-state index contributed by atoms with van der Waals surface area (Å²) < 4.78 is 11.3. The Bertz CT molecular complexity index is 414. The molecule has 1 atom stereocenters. The van der Waals surface area contributed by atoms with Gasteiger partial charge in [-0.15, -0.1) is 0 Å². The van der Waals surface area contributed by atoms with E-state index in [-0.39, 0.29) is 6.10 Å². The van der Waals surface area contributed by atoms with Crippen molar-refractivity contribution in [3.8, 4) is 23.3 Å². The van der Waals surface area contributed by atoms with Gasteiger partial charge in [-0.3, -0.25) is 0 Å². The summed E-state index contributed by atoms with van der Waals surface area (Å²) in [5.74, 6) is 7.90. The molecule has 2 nitrogen and oxygen atoms in total. The highest BCUT2D eigenvalue weighted by atomic mass is 16.6. The molecule has 1 aromatic carbocycles. The largest absolute Gasteiger partial charge is 0.485 e. The number of para-hydroxylation sites is 2. The van der Waals surface area contributed by atoms with Crippen LogP contribution in [0.15, 0.2) is 24.3 Å². The van der Waals surface area contributed by atoms with Crippen LogP contribution in [-0.2, 0) is 0 Å². The first kappa shape index (κ1) is 11.9. The van der Waals surface area contributed by atoms with E-state index in [0.29, 0.717) is 6.61 Å². The molecule has 2 rings (SSSR count). The van der Waals surface area contributed by atoms with E-state index in [1.165, 1.54) is 19.3 Å². The van der Waals surface area contributed by atoms with Gasteiger partial charge < -0.3 is 9.47 Å². The third kappa shape index (κ3) is 3.42. The molecule has 0 saturated carbocycles. The van der Waals surface area contributed by atoms with E-state index in [9.17, 15) is 0 Å². The van der Waals surface area contributed by atoms with Crippen molar-refractivity contribution in [1.82, 2.24) is 0 Å². The number of benzene rings is 1. The second-order valence-corrected chi connectivity index (χ2v) is 4.14. The van der Waals surface area contributed by atoms with E-state index in [1.54, 1.807) is 0 Å². The summed E-state index contributed by atoms with van der Waals surface area (Å²) in [4.78, 5) is 0. The SMILES string of the molecule is CCCCCC#CC1COc2ccccc2O1. The molecule has 0 saturated heterocycles. The fraction of sp³-hybridized carbons (Fsp3) is 0.467. The van der Waals surface area contributed by atoms with Crippen LogP contribution < -0.4 is 9.47 Å². The first-order valence-electron chi connectivity index (χ1n) is 6.27. The van der Waals surface area contributed by atoms with Gasteiger partial charge in [-0.1, -0.05) is 43.7 Å². The molecule has 90 valence electrons. The molecule has 0 fully saturated rings. The normalized spacial score (nSPS) is 17.1. The van der Waals surface area contributed by atoms with Gasteiger partial charge in [0.2, 0.25) is 0 Å². The van der Waals surface area contributed by atoms with Crippen molar-refractivity contribution in [3.05, 3.63) is 24.3 Å². The molecule has 1 aliphatic heterocycles. The third-order valence-corrected chi connectivity index (χ3v) is 2.68. The molecule has 0 spiro atoms.